The number of carbonyl (C=O) groups is 1. The molecule has 0 unspecified atom stereocenters. The molecule has 0 bridgehead atoms. The second kappa shape index (κ2) is 11.1. The third kappa shape index (κ3) is 6.11. The van der Waals surface area contributed by atoms with Crippen LogP contribution in [0.5, 0.6) is 0 Å². The van der Waals surface area contributed by atoms with Crippen molar-refractivity contribution < 1.29 is 13.2 Å². The standard InChI is InChI=1S/C27H38ClN7O3S/c1-21(2)29-25-7-12-35(30-25)26(36)32-13-9-27(10-14-32)8-4-11-33(27)20-22-5-6-23(28)19-24(22)31-15-17-34(18-16-31)39(3,37)38/h5-7,12,19H,1,4,8-11,13-18,20H2,2-3H3,(H,29,30). The molecule has 0 saturated carbocycles. The molecule has 1 amide bonds. The van der Waals surface area contributed by atoms with E-state index in [1.807, 2.05) is 24.0 Å². The highest BCUT2D eigenvalue weighted by Gasteiger charge is 2.44. The Morgan fingerprint density at radius 2 is 1.79 bits per heavy atom. The molecular weight excluding hydrogens is 538 g/mol. The summed E-state index contributed by atoms with van der Waals surface area (Å²) < 4.78 is 26.9. The first kappa shape index (κ1) is 27.9. The largest absolute Gasteiger partial charge is 0.369 e. The van der Waals surface area contributed by atoms with Gasteiger partial charge in [0.15, 0.2) is 5.82 Å². The summed E-state index contributed by atoms with van der Waals surface area (Å²) in [4.78, 5) is 19.9. The molecule has 0 aliphatic carbocycles. The number of aromatic nitrogens is 2. The summed E-state index contributed by atoms with van der Waals surface area (Å²) in [6, 6.07) is 7.74. The Kier molecular flexibility index (Phi) is 7.96. The number of carbonyl (C=O) groups excluding carboxylic acids is 1. The van der Waals surface area contributed by atoms with Gasteiger partial charge in [0.1, 0.15) is 0 Å². The minimum atomic E-state index is -3.19. The number of hydrogen-bond acceptors (Lipinski definition) is 7. The molecular formula is C27H38ClN7O3S. The van der Waals surface area contributed by atoms with E-state index in [0.29, 0.717) is 50.1 Å². The topological polar surface area (TPSA) is 94.0 Å². The van der Waals surface area contributed by atoms with E-state index in [2.05, 4.69) is 32.9 Å². The van der Waals surface area contributed by atoms with E-state index in [-0.39, 0.29) is 11.6 Å². The Morgan fingerprint density at radius 3 is 2.46 bits per heavy atom. The zero-order valence-electron chi connectivity index (χ0n) is 22.8. The number of rotatable bonds is 6. The van der Waals surface area contributed by atoms with E-state index in [1.165, 1.54) is 16.5 Å². The number of nitrogens with zero attached hydrogens (tertiary/aromatic N) is 6. The van der Waals surface area contributed by atoms with Gasteiger partial charge >= 0.3 is 6.03 Å². The van der Waals surface area contributed by atoms with Crippen LogP contribution in [-0.2, 0) is 16.6 Å². The molecule has 3 fully saturated rings. The maximum atomic E-state index is 13.1. The Hall–Kier alpha value is -2.60. The van der Waals surface area contributed by atoms with Crippen molar-refractivity contribution in [3.8, 4) is 0 Å². The van der Waals surface area contributed by atoms with Crippen LogP contribution >= 0.6 is 11.6 Å². The van der Waals surface area contributed by atoms with Gasteiger partial charge in [-0.25, -0.2) is 13.2 Å². The summed E-state index contributed by atoms with van der Waals surface area (Å²) in [6.45, 7) is 11.1. The highest BCUT2D eigenvalue weighted by molar-refractivity contribution is 7.88. The maximum Gasteiger partial charge on any atom is 0.344 e. The van der Waals surface area contributed by atoms with Crippen LogP contribution in [-0.4, -0.2) is 95.9 Å². The lowest BCUT2D eigenvalue weighted by molar-refractivity contribution is 0.0585. The molecule has 1 aromatic heterocycles. The second-order valence-corrected chi connectivity index (χ2v) is 13.4. The maximum absolute atomic E-state index is 13.1. The number of hydrogen-bond donors (Lipinski definition) is 1. The number of sulfonamides is 1. The molecule has 12 heteroatoms. The van der Waals surface area contributed by atoms with E-state index < -0.39 is 10.0 Å². The number of benzene rings is 1. The first-order valence-corrected chi connectivity index (χ1v) is 15.8. The lowest BCUT2D eigenvalue weighted by atomic mass is 9.84. The van der Waals surface area contributed by atoms with Gasteiger partial charge in [0.05, 0.1) is 6.26 Å². The van der Waals surface area contributed by atoms with Crippen molar-refractivity contribution in [2.45, 2.75) is 44.7 Å². The molecule has 1 spiro atoms. The molecule has 3 aliphatic heterocycles. The van der Waals surface area contributed by atoms with Crippen LogP contribution in [0, 0.1) is 0 Å². The highest BCUT2D eigenvalue weighted by atomic mass is 35.5. The summed E-state index contributed by atoms with van der Waals surface area (Å²) >= 11 is 6.42. The third-order valence-electron chi connectivity index (χ3n) is 8.29. The quantitative estimate of drug-likeness (QED) is 0.562. The molecule has 1 N–H and O–H groups in total. The van der Waals surface area contributed by atoms with Crippen molar-refractivity contribution in [3.05, 3.63) is 53.3 Å². The highest BCUT2D eigenvalue weighted by Crippen LogP contribution is 2.41. The first-order valence-electron chi connectivity index (χ1n) is 13.6. The number of nitrogens with one attached hydrogen (secondary N) is 1. The molecule has 39 heavy (non-hydrogen) atoms. The average Bonchev–Trinajstić information content (AvgIpc) is 3.51. The molecule has 10 nitrogen and oxygen atoms in total. The summed E-state index contributed by atoms with van der Waals surface area (Å²) in [7, 11) is -3.19. The Balaban J connectivity index is 1.25. The molecule has 5 rings (SSSR count). The van der Waals surface area contributed by atoms with Crippen molar-refractivity contribution in [2.75, 3.05) is 62.3 Å². The van der Waals surface area contributed by atoms with Crippen molar-refractivity contribution in [1.29, 1.82) is 0 Å². The van der Waals surface area contributed by atoms with E-state index in [9.17, 15) is 13.2 Å². The molecule has 0 atom stereocenters. The Morgan fingerprint density at radius 1 is 1.08 bits per heavy atom. The molecule has 1 aromatic carbocycles. The number of piperazine rings is 1. The van der Waals surface area contributed by atoms with Gasteiger partial charge in [0.25, 0.3) is 0 Å². The van der Waals surface area contributed by atoms with Gasteiger partial charge in [-0.15, -0.1) is 5.10 Å². The minimum absolute atomic E-state index is 0.0689. The van der Waals surface area contributed by atoms with Crippen LogP contribution in [0.15, 0.2) is 42.7 Å². The molecule has 0 radical (unpaired) electrons. The van der Waals surface area contributed by atoms with Gasteiger partial charge in [-0.3, -0.25) is 4.90 Å². The first-order chi connectivity index (χ1) is 18.5. The van der Waals surface area contributed by atoms with Crippen molar-refractivity contribution in [2.24, 2.45) is 0 Å². The zero-order valence-corrected chi connectivity index (χ0v) is 24.3. The summed E-state index contributed by atoms with van der Waals surface area (Å²) in [6.07, 6.45) is 7.07. The van der Waals surface area contributed by atoms with Crippen LogP contribution in [0.1, 0.15) is 38.2 Å². The molecule has 2 aromatic rings. The fraction of sp³-hybridized carbons (Fsp3) is 0.556. The smallest absolute Gasteiger partial charge is 0.344 e. The SMILES string of the molecule is C=C(C)Nc1ccn(C(=O)N2CCC3(CCCN3Cc3ccc(Cl)cc3N3CCN(S(C)(=O)=O)CC3)CC2)n1. The predicted molar refractivity (Wildman–Crippen MR) is 155 cm³/mol. The molecule has 3 saturated heterocycles. The number of anilines is 2. The van der Waals surface area contributed by atoms with Gasteiger partial charge in [-0.1, -0.05) is 24.2 Å². The van der Waals surface area contributed by atoms with Gasteiger partial charge in [0, 0.05) is 80.0 Å². The van der Waals surface area contributed by atoms with Gasteiger partial charge < -0.3 is 15.1 Å². The molecule has 4 heterocycles. The summed E-state index contributed by atoms with van der Waals surface area (Å²) in [5.74, 6) is 0.614. The normalized spacial score (nSPS) is 20.5. The van der Waals surface area contributed by atoms with E-state index in [1.54, 1.807) is 16.6 Å². The lowest BCUT2D eigenvalue weighted by Gasteiger charge is -2.45. The van der Waals surface area contributed by atoms with Crippen LogP contribution in [0.3, 0.4) is 0 Å². The van der Waals surface area contributed by atoms with Crippen LogP contribution in [0.25, 0.3) is 0 Å². The van der Waals surface area contributed by atoms with Crippen LogP contribution < -0.4 is 10.2 Å². The van der Waals surface area contributed by atoms with Gasteiger partial charge in [0.2, 0.25) is 10.0 Å². The Labute approximate surface area is 236 Å². The second-order valence-electron chi connectivity index (χ2n) is 11.0. The van der Waals surface area contributed by atoms with Gasteiger partial charge in [-0.05, 0) is 56.8 Å². The third-order valence-corrected chi connectivity index (χ3v) is 9.83. The average molecular weight is 576 g/mol. The number of amides is 1. The lowest BCUT2D eigenvalue weighted by Crippen LogP contribution is -2.53. The van der Waals surface area contributed by atoms with E-state index >= 15 is 0 Å². The van der Waals surface area contributed by atoms with E-state index in [0.717, 1.165) is 50.2 Å². The van der Waals surface area contributed by atoms with Crippen LogP contribution in [0.4, 0.5) is 16.3 Å². The van der Waals surface area contributed by atoms with Crippen LogP contribution in [0.2, 0.25) is 5.02 Å². The number of allylic oxidation sites excluding steroid dienone is 1. The number of halogens is 1. The minimum Gasteiger partial charge on any atom is -0.369 e. The fourth-order valence-corrected chi connectivity index (χ4v) is 7.21. The molecule has 212 valence electrons. The predicted octanol–water partition coefficient (Wildman–Crippen LogP) is 3.66. The monoisotopic (exact) mass is 575 g/mol. The number of likely N-dealkylation sites (tertiary alicyclic amines) is 2. The summed E-state index contributed by atoms with van der Waals surface area (Å²) in [5, 5.41) is 8.09. The zero-order chi connectivity index (χ0) is 27.8. The van der Waals surface area contributed by atoms with Crippen molar-refractivity contribution >= 4 is 39.2 Å². The van der Waals surface area contributed by atoms with Crippen molar-refractivity contribution in [3.63, 3.8) is 0 Å². The summed E-state index contributed by atoms with van der Waals surface area (Å²) in [5.41, 5.74) is 3.14. The van der Waals surface area contributed by atoms with E-state index in [4.69, 9.17) is 11.6 Å². The van der Waals surface area contributed by atoms with Gasteiger partial charge in [-0.2, -0.15) is 8.99 Å². The number of piperidine rings is 1. The fourth-order valence-electron chi connectivity index (χ4n) is 6.21. The van der Waals surface area contributed by atoms with Crippen molar-refractivity contribution in [1.82, 2.24) is 23.9 Å². The molecule has 3 aliphatic rings. The Bertz CT molecular complexity index is 1330.